The fourth-order valence-corrected chi connectivity index (χ4v) is 2.53. The molecule has 0 radical (unpaired) electrons. The van der Waals surface area contributed by atoms with E-state index in [4.69, 9.17) is 14.2 Å². The third-order valence-electron chi connectivity index (χ3n) is 4.28. The zero-order valence-electron chi connectivity index (χ0n) is 18.0. The summed E-state index contributed by atoms with van der Waals surface area (Å²) in [6.07, 6.45) is 3.70. The molecule has 1 aromatic rings. The smallest absolute Gasteiger partial charge is 0.365 e. The van der Waals surface area contributed by atoms with Crippen molar-refractivity contribution in [3.05, 3.63) is 23.8 Å². The predicted octanol–water partition coefficient (Wildman–Crippen LogP) is -0.962. The number of carbonyl (C=O) groups excluding carboxylic acids is 3. The minimum Gasteiger partial charge on any atom is -0.461 e. The highest BCUT2D eigenvalue weighted by Gasteiger charge is 2.21. The van der Waals surface area contributed by atoms with Crippen LogP contribution in [0.3, 0.4) is 0 Å². The molecule has 0 spiro atoms. The van der Waals surface area contributed by atoms with Crippen molar-refractivity contribution in [1.29, 1.82) is 0 Å². The number of unbranched alkanes of at least 4 members (excludes halogenated alkanes) is 1. The van der Waals surface area contributed by atoms with E-state index in [1.807, 2.05) is 6.92 Å². The van der Waals surface area contributed by atoms with E-state index in [-0.39, 0.29) is 30.3 Å². The first kappa shape index (κ1) is 25.5. The lowest BCUT2D eigenvalue weighted by molar-refractivity contribution is -0.407. The molecule has 9 nitrogen and oxygen atoms in total. The average molecular weight is 427 g/mol. The maximum absolute atomic E-state index is 12.1. The van der Waals surface area contributed by atoms with Gasteiger partial charge in [-0.3, -0.25) is 9.59 Å². The number of carbonyl (C=O) groups is 3. The molecule has 0 amide bonds. The third kappa shape index (κ3) is 9.82. The fourth-order valence-electron chi connectivity index (χ4n) is 2.53. The molecule has 1 atom stereocenters. The first-order valence-corrected chi connectivity index (χ1v) is 10.5. The van der Waals surface area contributed by atoms with Gasteiger partial charge in [0.1, 0.15) is 0 Å². The van der Waals surface area contributed by atoms with Crippen LogP contribution in [0.5, 0.6) is 11.5 Å². The highest BCUT2D eigenvalue weighted by atomic mass is 16.6. The summed E-state index contributed by atoms with van der Waals surface area (Å²) < 4.78 is 16.0. The second-order valence-electron chi connectivity index (χ2n) is 7.07. The van der Waals surface area contributed by atoms with E-state index in [0.29, 0.717) is 39.0 Å². The Morgan fingerprint density at radius 1 is 0.933 bits per heavy atom. The molecule has 30 heavy (non-hydrogen) atoms. The molecule has 0 saturated heterocycles. The van der Waals surface area contributed by atoms with Gasteiger partial charge in [0.25, 0.3) is 0 Å². The van der Waals surface area contributed by atoms with Crippen molar-refractivity contribution in [3.63, 3.8) is 0 Å². The van der Waals surface area contributed by atoms with Crippen LogP contribution in [-0.4, -0.2) is 43.6 Å². The summed E-state index contributed by atoms with van der Waals surface area (Å²) in [5, 5.41) is 0. The number of esters is 3. The van der Waals surface area contributed by atoms with Crippen molar-refractivity contribution in [2.45, 2.75) is 57.9 Å². The van der Waals surface area contributed by atoms with E-state index in [9.17, 15) is 14.4 Å². The minimum absolute atomic E-state index is 0.149. The standard InChI is InChI=1S/C21H33N3O6/c1-2-3-12-28-21(27)16(24)13-15-8-9-17(29-19(25)6-4-10-22)18(14-15)30-20(26)7-5-11-23/h8-9,14,16H,2-7,10-13,22-24H2,1H3/p+3. The van der Waals surface area contributed by atoms with Crippen LogP contribution < -0.4 is 26.7 Å². The van der Waals surface area contributed by atoms with Gasteiger partial charge in [-0.15, -0.1) is 0 Å². The second-order valence-corrected chi connectivity index (χ2v) is 7.07. The number of quaternary nitrogens is 3. The van der Waals surface area contributed by atoms with Crippen LogP contribution in [-0.2, 0) is 25.5 Å². The van der Waals surface area contributed by atoms with Gasteiger partial charge in [-0.05, 0) is 24.1 Å². The largest absolute Gasteiger partial charge is 0.461 e. The van der Waals surface area contributed by atoms with E-state index in [1.54, 1.807) is 18.2 Å². The van der Waals surface area contributed by atoms with Gasteiger partial charge in [0, 0.05) is 19.3 Å². The number of hydrogen-bond acceptors (Lipinski definition) is 6. The molecule has 9 heteroatoms. The molecule has 1 aromatic carbocycles. The number of hydrogen-bond donors (Lipinski definition) is 3. The molecule has 0 bridgehead atoms. The van der Waals surface area contributed by atoms with Crippen LogP contribution in [0, 0.1) is 0 Å². The van der Waals surface area contributed by atoms with Crippen LogP contribution in [0.25, 0.3) is 0 Å². The Bertz CT molecular complexity index is 695. The van der Waals surface area contributed by atoms with E-state index in [2.05, 4.69) is 17.2 Å². The summed E-state index contributed by atoms with van der Waals surface area (Å²) in [5.74, 6) is -0.911. The molecule has 0 aliphatic carbocycles. The van der Waals surface area contributed by atoms with Gasteiger partial charge in [-0.2, -0.15) is 0 Å². The van der Waals surface area contributed by atoms with Crippen molar-refractivity contribution in [2.24, 2.45) is 0 Å². The highest BCUT2D eigenvalue weighted by molar-refractivity contribution is 5.77. The summed E-state index contributed by atoms with van der Waals surface area (Å²) in [4.78, 5) is 36.1. The minimum atomic E-state index is -0.595. The van der Waals surface area contributed by atoms with Gasteiger partial charge < -0.3 is 31.4 Å². The first-order valence-electron chi connectivity index (χ1n) is 10.5. The lowest BCUT2D eigenvalue weighted by Gasteiger charge is -2.13. The van der Waals surface area contributed by atoms with Crippen molar-refractivity contribution >= 4 is 17.9 Å². The lowest BCUT2D eigenvalue weighted by Crippen LogP contribution is -2.66. The number of rotatable bonds is 14. The van der Waals surface area contributed by atoms with E-state index in [0.717, 1.165) is 18.4 Å². The Hall–Kier alpha value is -2.49. The van der Waals surface area contributed by atoms with Crippen molar-refractivity contribution in [2.75, 3.05) is 19.7 Å². The normalized spacial score (nSPS) is 11.6. The van der Waals surface area contributed by atoms with Gasteiger partial charge in [-0.1, -0.05) is 19.4 Å². The summed E-state index contributed by atoms with van der Waals surface area (Å²) in [6, 6.07) is 4.29. The zero-order chi connectivity index (χ0) is 22.4. The zero-order valence-corrected chi connectivity index (χ0v) is 18.0. The van der Waals surface area contributed by atoms with Gasteiger partial charge >= 0.3 is 17.9 Å². The van der Waals surface area contributed by atoms with Crippen LogP contribution in [0.2, 0.25) is 0 Å². The van der Waals surface area contributed by atoms with E-state index < -0.39 is 18.0 Å². The van der Waals surface area contributed by atoms with E-state index >= 15 is 0 Å². The maximum atomic E-state index is 12.1. The van der Waals surface area contributed by atoms with Crippen LogP contribution >= 0.6 is 0 Å². The lowest BCUT2D eigenvalue weighted by atomic mass is 10.1. The molecule has 0 fully saturated rings. The Morgan fingerprint density at radius 3 is 2.10 bits per heavy atom. The van der Waals surface area contributed by atoms with Gasteiger partial charge in [0.15, 0.2) is 17.5 Å². The van der Waals surface area contributed by atoms with Gasteiger partial charge in [0.2, 0.25) is 0 Å². The topological polar surface area (TPSA) is 162 Å². The fraction of sp³-hybridized carbons (Fsp3) is 0.571. The highest BCUT2D eigenvalue weighted by Crippen LogP contribution is 2.30. The van der Waals surface area contributed by atoms with Crippen LogP contribution in [0.15, 0.2) is 18.2 Å². The molecule has 168 valence electrons. The van der Waals surface area contributed by atoms with Crippen molar-refractivity contribution < 1.29 is 45.8 Å². The van der Waals surface area contributed by atoms with E-state index in [1.165, 1.54) is 0 Å². The maximum Gasteiger partial charge on any atom is 0.365 e. The Labute approximate surface area is 177 Å². The molecule has 0 aliphatic rings. The number of benzene rings is 1. The molecule has 0 aromatic heterocycles. The summed E-state index contributed by atoms with van der Waals surface area (Å²) in [6.45, 7) is 3.63. The quantitative estimate of drug-likeness (QED) is 0.197. The second kappa shape index (κ2) is 14.5. The Kier molecular flexibility index (Phi) is 12.3. The SMILES string of the molecule is CCCCOC(=O)C([NH3+])Cc1ccc(OC(=O)CCC[NH3+])c(OC(=O)CCC[NH3+])c1. The first-order chi connectivity index (χ1) is 14.4. The molecule has 1 unspecified atom stereocenters. The van der Waals surface area contributed by atoms with Crippen molar-refractivity contribution in [3.8, 4) is 11.5 Å². The monoisotopic (exact) mass is 426 g/mol. The molecule has 0 aliphatic heterocycles. The third-order valence-corrected chi connectivity index (χ3v) is 4.28. The predicted molar refractivity (Wildman–Crippen MR) is 108 cm³/mol. The Balaban J connectivity index is 2.90. The molecular weight excluding hydrogens is 390 g/mol. The molecule has 0 heterocycles. The molecule has 0 saturated carbocycles. The van der Waals surface area contributed by atoms with Gasteiger partial charge in [0.05, 0.1) is 32.5 Å². The van der Waals surface area contributed by atoms with Crippen LogP contribution in [0.1, 0.15) is 51.0 Å². The summed E-state index contributed by atoms with van der Waals surface area (Å²) in [5.41, 5.74) is 12.0. The van der Waals surface area contributed by atoms with Crippen molar-refractivity contribution in [1.82, 2.24) is 0 Å². The average Bonchev–Trinajstić information content (AvgIpc) is 2.72. The number of ether oxygens (including phenoxy) is 3. The van der Waals surface area contributed by atoms with Crippen LogP contribution in [0.4, 0.5) is 0 Å². The molecule has 9 N–H and O–H groups in total. The Morgan fingerprint density at radius 2 is 1.53 bits per heavy atom. The summed E-state index contributed by atoms with van der Waals surface area (Å²) in [7, 11) is 0. The van der Waals surface area contributed by atoms with Gasteiger partial charge in [-0.25, -0.2) is 4.79 Å². The molecule has 1 rings (SSSR count). The molecular formula is C21H36N3O6+3. The summed E-state index contributed by atoms with van der Waals surface area (Å²) >= 11 is 0.